The molecule has 2 aromatic heterocycles. The van der Waals surface area contributed by atoms with Gasteiger partial charge < -0.3 is 14.4 Å². The Balaban J connectivity index is 1.57. The van der Waals surface area contributed by atoms with Crippen LogP contribution >= 0.6 is 0 Å². The van der Waals surface area contributed by atoms with Gasteiger partial charge in [0.2, 0.25) is 0 Å². The molecule has 0 aliphatic carbocycles. The first-order valence-corrected chi connectivity index (χ1v) is 9.18. The van der Waals surface area contributed by atoms with Crippen molar-refractivity contribution in [2.45, 2.75) is 39.0 Å². The predicted octanol–water partition coefficient (Wildman–Crippen LogP) is 2.56. The fraction of sp³-hybridized carbons (Fsp3) is 0.350. The van der Waals surface area contributed by atoms with Crippen molar-refractivity contribution in [1.82, 2.24) is 19.7 Å². The molecular formula is C20H22N4O3. The van der Waals surface area contributed by atoms with Gasteiger partial charge in [-0.25, -0.2) is 4.98 Å². The molecule has 0 saturated carbocycles. The zero-order chi connectivity index (χ0) is 18.8. The van der Waals surface area contributed by atoms with Crippen molar-refractivity contribution in [2.24, 2.45) is 0 Å². The van der Waals surface area contributed by atoms with Crippen LogP contribution < -0.4 is 0 Å². The number of benzene rings is 1. The molecule has 140 valence electrons. The number of hydrogen-bond acceptors (Lipinski definition) is 5. The number of amides is 1. The first-order chi connectivity index (χ1) is 13.2. The molecule has 0 saturated heterocycles. The predicted molar refractivity (Wildman–Crippen MR) is 98.0 cm³/mol. The summed E-state index contributed by atoms with van der Waals surface area (Å²) in [6, 6.07) is 11.3. The van der Waals surface area contributed by atoms with E-state index < -0.39 is 6.10 Å². The summed E-state index contributed by atoms with van der Waals surface area (Å²) in [5, 5.41) is 15.2. The molecule has 0 bridgehead atoms. The molecule has 0 spiro atoms. The van der Waals surface area contributed by atoms with Gasteiger partial charge in [0.1, 0.15) is 11.9 Å². The van der Waals surface area contributed by atoms with E-state index >= 15 is 0 Å². The molecule has 1 N–H and O–H groups in total. The number of oxazole rings is 1. The number of carbonyl (C=O) groups excluding carboxylic acids is 1. The summed E-state index contributed by atoms with van der Waals surface area (Å²) in [5.41, 5.74) is 2.69. The van der Waals surface area contributed by atoms with Gasteiger partial charge in [0.15, 0.2) is 12.1 Å². The maximum Gasteiger partial charge on any atom is 0.276 e. The molecule has 1 aliphatic rings. The first-order valence-electron chi connectivity index (χ1n) is 9.18. The van der Waals surface area contributed by atoms with Gasteiger partial charge in [0, 0.05) is 19.5 Å². The summed E-state index contributed by atoms with van der Waals surface area (Å²) >= 11 is 0. The van der Waals surface area contributed by atoms with Gasteiger partial charge in [0.25, 0.3) is 5.91 Å². The molecule has 7 nitrogen and oxygen atoms in total. The summed E-state index contributed by atoms with van der Waals surface area (Å²) in [7, 11) is 0. The minimum atomic E-state index is -0.781. The SMILES string of the molecule is CCc1ocnc1C(=O)N1CCCn2nc([C@H](O)c3ccccc3)cc2C1. The standard InChI is InChI=1S/C20H22N4O3/c1-2-17-18(21-13-27-17)20(26)23-9-6-10-24-15(12-23)11-16(22-24)19(25)14-7-4-3-5-8-14/h3-5,7-8,11,13,19,25H,2,6,9-10,12H2,1H3/t19-/m1/s1. The Labute approximate surface area is 157 Å². The van der Waals surface area contributed by atoms with Crippen LogP contribution in [0.1, 0.15) is 52.6 Å². The van der Waals surface area contributed by atoms with Crippen molar-refractivity contribution in [3.8, 4) is 0 Å². The number of carbonyl (C=O) groups is 1. The normalized spacial score (nSPS) is 15.3. The highest BCUT2D eigenvalue weighted by molar-refractivity contribution is 5.93. The maximum absolute atomic E-state index is 12.9. The van der Waals surface area contributed by atoms with E-state index in [4.69, 9.17) is 4.42 Å². The monoisotopic (exact) mass is 366 g/mol. The van der Waals surface area contributed by atoms with E-state index in [1.54, 1.807) is 4.90 Å². The molecular weight excluding hydrogens is 344 g/mol. The molecule has 3 aromatic rings. The summed E-state index contributed by atoms with van der Waals surface area (Å²) in [6.07, 6.45) is 1.96. The van der Waals surface area contributed by atoms with Crippen LogP contribution in [-0.2, 0) is 19.5 Å². The first kappa shape index (κ1) is 17.5. The molecule has 1 aliphatic heterocycles. The zero-order valence-electron chi connectivity index (χ0n) is 15.2. The lowest BCUT2D eigenvalue weighted by Gasteiger charge is -2.19. The lowest BCUT2D eigenvalue weighted by atomic mass is 10.1. The van der Waals surface area contributed by atoms with Crippen LogP contribution in [0.2, 0.25) is 0 Å². The average molecular weight is 366 g/mol. The number of aliphatic hydroxyl groups excluding tert-OH is 1. The van der Waals surface area contributed by atoms with E-state index in [0.29, 0.717) is 43.2 Å². The molecule has 0 unspecified atom stereocenters. The van der Waals surface area contributed by atoms with Gasteiger partial charge in [-0.3, -0.25) is 9.48 Å². The molecule has 1 aromatic carbocycles. The molecule has 4 rings (SSSR count). The van der Waals surface area contributed by atoms with Crippen LogP contribution in [0, 0.1) is 0 Å². The minimum absolute atomic E-state index is 0.125. The minimum Gasteiger partial charge on any atom is -0.448 e. The van der Waals surface area contributed by atoms with Gasteiger partial charge in [-0.15, -0.1) is 0 Å². The van der Waals surface area contributed by atoms with Crippen LogP contribution in [0.25, 0.3) is 0 Å². The number of rotatable bonds is 4. The topological polar surface area (TPSA) is 84.4 Å². The van der Waals surface area contributed by atoms with E-state index in [9.17, 15) is 9.90 Å². The lowest BCUT2D eigenvalue weighted by molar-refractivity contribution is 0.0738. The number of nitrogens with zero attached hydrogens (tertiary/aromatic N) is 4. The molecule has 27 heavy (non-hydrogen) atoms. The van der Waals surface area contributed by atoms with Crippen molar-refractivity contribution >= 4 is 5.91 Å². The highest BCUT2D eigenvalue weighted by Gasteiger charge is 2.26. The molecule has 1 atom stereocenters. The molecule has 0 radical (unpaired) electrons. The van der Waals surface area contributed by atoms with Gasteiger partial charge in [0.05, 0.1) is 17.9 Å². The van der Waals surface area contributed by atoms with E-state index in [1.165, 1.54) is 6.39 Å². The van der Waals surface area contributed by atoms with Crippen molar-refractivity contribution in [3.63, 3.8) is 0 Å². The zero-order valence-corrected chi connectivity index (χ0v) is 15.2. The lowest BCUT2D eigenvalue weighted by Crippen LogP contribution is -2.31. The number of aliphatic hydroxyl groups is 1. The Morgan fingerprint density at radius 3 is 2.89 bits per heavy atom. The Kier molecular flexibility index (Phi) is 4.77. The van der Waals surface area contributed by atoms with E-state index in [-0.39, 0.29) is 5.91 Å². The second kappa shape index (κ2) is 7.36. The highest BCUT2D eigenvalue weighted by Crippen LogP contribution is 2.24. The smallest absolute Gasteiger partial charge is 0.276 e. The number of fused-ring (bicyclic) bond motifs is 1. The third-order valence-corrected chi connectivity index (χ3v) is 4.88. The molecule has 3 heterocycles. The Morgan fingerprint density at radius 2 is 2.11 bits per heavy atom. The number of hydrogen-bond donors (Lipinski definition) is 1. The summed E-state index contributed by atoms with van der Waals surface area (Å²) < 4.78 is 7.19. The quantitative estimate of drug-likeness (QED) is 0.767. The van der Waals surface area contributed by atoms with Crippen molar-refractivity contribution in [3.05, 3.63) is 71.2 Å². The van der Waals surface area contributed by atoms with Gasteiger partial charge in [-0.05, 0) is 18.1 Å². The maximum atomic E-state index is 12.9. The van der Waals surface area contributed by atoms with Crippen LogP contribution in [0.5, 0.6) is 0 Å². The van der Waals surface area contributed by atoms with Crippen molar-refractivity contribution in [1.29, 1.82) is 0 Å². The van der Waals surface area contributed by atoms with Crippen LogP contribution in [0.3, 0.4) is 0 Å². The second-order valence-corrected chi connectivity index (χ2v) is 6.65. The summed E-state index contributed by atoms with van der Waals surface area (Å²) in [6.45, 7) is 3.71. The Hall–Kier alpha value is -2.93. The second-order valence-electron chi connectivity index (χ2n) is 6.65. The highest BCUT2D eigenvalue weighted by atomic mass is 16.3. The van der Waals surface area contributed by atoms with Gasteiger partial charge in [-0.1, -0.05) is 37.3 Å². The van der Waals surface area contributed by atoms with Crippen LogP contribution in [-0.4, -0.2) is 37.2 Å². The number of aryl methyl sites for hydroxylation is 2. The third kappa shape index (κ3) is 3.38. The Bertz CT molecular complexity index is 932. The van der Waals surface area contributed by atoms with Crippen molar-refractivity contribution < 1.29 is 14.3 Å². The average Bonchev–Trinajstić information content (AvgIpc) is 3.29. The van der Waals surface area contributed by atoms with Gasteiger partial charge >= 0.3 is 0 Å². The van der Waals surface area contributed by atoms with Crippen LogP contribution in [0.15, 0.2) is 47.2 Å². The van der Waals surface area contributed by atoms with E-state index in [1.807, 2.05) is 48.0 Å². The van der Waals surface area contributed by atoms with Crippen molar-refractivity contribution in [2.75, 3.05) is 6.54 Å². The fourth-order valence-corrected chi connectivity index (χ4v) is 3.44. The largest absolute Gasteiger partial charge is 0.448 e. The molecule has 1 amide bonds. The van der Waals surface area contributed by atoms with Crippen LogP contribution in [0.4, 0.5) is 0 Å². The molecule has 0 fully saturated rings. The van der Waals surface area contributed by atoms with E-state index in [0.717, 1.165) is 17.7 Å². The summed E-state index contributed by atoms with van der Waals surface area (Å²) in [5.74, 6) is 0.485. The number of aromatic nitrogens is 3. The van der Waals surface area contributed by atoms with Gasteiger partial charge in [-0.2, -0.15) is 5.10 Å². The summed E-state index contributed by atoms with van der Waals surface area (Å²) in [4.78, 5) is 18.8. The molecule has 7 heteroatoms. The Morgan fingerprint density at radius 1 is 1.30 bits per heavy atom. The fourth-order valence-electron chi connectivity index (χ4n) is 3.44. The van der Waals surface area contributed by atoms with E-state index in [2.05, 4.69) is 10.1 Å². The third-order valence-electron chi connectivity index (χ3n) is 4.88.